The van der Waals surface area contributed by atoms with Crippen LogP contribution in [-0.2, 0) is 11.3 Å². The van der Waals surface area contributed by atoms with Crippen LogP contribution in [0, 0.1) is 15.9 Å². The lowest BCUT2D eigenvalue weighted by molar-refractivity contribution is -0.384. The van der Waals surface area contributed by atoms with Crippen LogP contribution in [0.1, 0.15) is 31.4 Å². The highest BCUT2D eigenvalue weighted by molar-refractivity contribution is 5.77. The van der Waals surface area contributed by atoms with Crippen molar-refractivity contribution >= 4 is 22.7 Å². The van der Waals surface area contributed by atoms with Gasteiger partial charge in [-0.2, -0.15) is 0 Å². The Bertz CT molecular complexity index is 1150. The molecule has 0 spiro atoms. The number of oxazole rings is 1. The van der Waals surface area contributed by atoms with Crippen molar-refractivity contribution in [3.8, 4) is 5.75 Å². The molecule has 1 atom stereocenters. The molecule has 1 amide bonds. The van der Waals surface area contributed by atoms with E-state index in [0.717, 1.165) is 0 Å². The molecule has 0 saturated carbocycles. The fraction of sp³-hybridized carbons (Fsp3) is 0.300. The maximum Gasteiger partial charge on any atom is 0.419 e. The van der Waals surface area contributed by atoms with E-state index in [1.54, 1.807) is 13.0 Å². The third-order valence-corrected chi connectivity index (χ3v) is 4.70. The van der Waals surface area contributed by atoms with Crippen LogP contribution < -0.4 is 15.8 Å². The second-order valence-corrected chi connectivity index (χ2v) is 6.72. The summed E-state index contributed by atoms with van der Waals surface area (Å²) in [5.74, 6) is -1.29. The molecule has 0 radical (unpaired) electrons. The maximum atomic E-state index is 13.8. The Morgan fingerprint density at radius 2 is 2.10 bits per heavy atom. The number of fused-ring (bicyclic) bond motifs is 1. The Labute approximate surface area is 170 Å². The summed E-state index contributed by atoms with van der Waals surface area (Å²) in [5.41, 5.74) is 0.967. The number of nitro benzene ring substituents is 1. The zero-order valence-electron chi connectivity index (χ0n) is 16.4. The molecule has 10 heteroatoms. The van der Waals surface area contributed by atoms with Crippen molar-refractivity contribution in [3.63, 3.8) is 0 Å². The Morgan fingerprint density at radius 3 is 2.77 bits per heavy atom. The Hall–Kier alpha value is -3.69. The molecular weight excluding hydrogens is 397 g/mol. The predicted octanol–water partition coefficient (Wildman–Crippen LogP) is 3.31. The molecule has 0 fully saturated rings. The van der Waals surface area contributed by atoms with E-state index in [-0.39, 0.29) is 35.9 Å². The van der Waals surface area contributed by atoms with Gasteiger partial charge in [0.25, 0.3) is 5.69 Å². The topological polar surface area (TPSA) is 117 Å². The van der Waals surface area contributed by atoms with E-state index in [0.29, 0.717) is 17.5 Å². The average molecular weight is 417 g/mol. The van der Waals surface area contributed by atoms with Crippen LogP contribution in [0.3, 0.4) is 0 Å². The number of nitro groups is 1. The van der Waals surface area contributed by atoms with Crippen LogP contribution in [0.25, 0.3) is 11.1 Å². The molecule has 2 aromatic carbocycles. The van der Waals surface area contributed by atoms with Crippen molar-refractivity contribution in [2.45, 2.75) is 32.4 Å². The number of rotatable bonds is 8. The second kappa shape index (κ2) is 8.76. The summed E-state index contributed by atoms with van der Waals surface area (Å²) in [5, 5.41) is 13.6. The van der Waals surface area contributed by atoms with Crippen LogP contribution in [0.4, 0.5) is 10.1 Å². The molecule has 0 aliphatic rings. The van der Waals surface area contributed by atoms with Gasteiger partial charge >= 0.3 is 5.76 Å². The second-order valence-electron chi connectivity index (χ2n) is 6.72. The van der Waals surface area contributed by atoms with Gasteiger partial charge in [-0.25, -0.2) is 9.18 Å². The molecule has 0 aliphatic heterocycles. The highest BCUT2D eigenvalue weighted by atomic mass is 19.1. The SMILES string of the molecule is COc1ccc([C@H](C)NC(=O)CCCn2c(=O)oc3cc([N+](=O)[O-])ccc32)cc1F. The van der Waals surface area contributed by atoms with Crippen LogP contribution in [-0.4, -0.2) is 22.5 Å². The van der Waals surface area contributed by atoms with E-state index in [1.807, 2.05) is 0 Å². The van der Waals surface area contributed by atoms with Gasteiger partial charge < -0.3 is 14.5 Å². The lowest BCUT2D eigenvalue weighted by atomic mass is 10.1. The van der Waals surface area contributed by atoms with Gasteiger partial charge in [0.15, 0.2) is 17.1 Å². The molecule has 1 aromatic heterocycles. The number of aryl methyl sites for hydroxylation is 1. The van der Waals surface area contributed by atoms with E-state index in [1.165, 1.54) is 42.0 Å². The number of nitrogens with zero attached hydrogens (tertiary/aromatic N) is 2. The Balaban J connectivity index is 1.59. The third kappa shape index (κ3) is 4.48. The van der Waals surface area contributed by atoms with Crippen LogP contribution in [0.2, 0.25) is 0 Å². The molecule has 1 N–H and O–H groups in total. The first-order valence-corrected chi connectivity index (χ1v) is 9.20. The maximum absolute atomic E-state index is 13.8. The van der Waals surface area contributed by atoms with Gasteiger partial charge in [0.2, 0.25) is 5.91 Å². The fourth-order valence-electron chi connectivity index (χ4n) is 3.13. The third-order valence-electron chi connectivity index (χ3n) is 4.70. The summed E-state index contributed by atoms with van der Waals surface area (Å²) in [6, 6.07) is 7.98. The van der Waals surface area contributed by atoms with Gasteiger partial charge in [-0.15, -0.1) is 0 Å². The number of halogens is 1. The molecule has 3 aromatic rings. The molecule has 0 saturated heterocycles. The zero-order valence-corrected chi connectivity index (χ0v) is 16.4. The first-order chi connectivity index (χ1) is 14.3. The normalized spacial score (nSPS) is 12.0. The first kappa shape index (κ1) is 21.0. The number of non-ortho nitro benzene ring substituents is 1. The lowest BCUT2D eigenvalue weighted by Crippen LogP contribution is -2.27. The summed E-state index contributed by atoms with van der Waals surface area (Å²) in [4.78, 5) is 34.5. The molecule has 0 bridgehead atoms. The summed E-state index contributed by atoms with van der Waals surface area (Å²) < 4.78 is 25.1. The number of amides is 1. The van der Waals surface area contributed by atoms with Gasteiger partial charge in [-0.05, 0) is 37.1 Å². The quantitative estimate of drug-likeness (QED) is 0.444. The summed E-state index contributed by atoms with van der Waals surface area (Å²) in [6.45, 7) is 1.95. The summed E-state index contributed by atoms with van der Waals surface area (Å²) in [6.07, 6.45) is 0.482. The molecule has 0 unspecified atom stereocenters. The van der Waals surface area contributed by atoms with E-state index in [2.05, 4.69) is 5.32 Å². The minimum atomic E-state index is -0.645. The zero-order chi connectivity index (χ0) is 21.8. The highest BCUT2D eigenvalue weighted by Gasteiger charge is 2.15. The minimum Gasteiger partial charge on any atom is -0.494 e. The van der Waals surface area contributed by atoms with Gasteiger partial charge in [0, 0.05) is 19.0 Å². The van der Waals surface area contributed by atoms with Gasteiger partial charge in [-0.3, -0.25) is 19.5 Å². The molecule has 9 nitrogen and oxygen atoms in total. The fourth-order valence-corrected chi connectivity index (χ4v) is 3.13. The Morgan fingerprint density at radius 1 is 1.33 bits per heavy atom. The average Bonchev–Trinajstić information content (AvgIpc) is 3.02. The van der Waals surface area contributed by atoms with Crippen LogP contribution >= 0.6 is 0 Å². The standard InChI is InChI=1S/C20H20FN3O6/c1-12(13-5-8-17(29-2)15(21)10-13)22-19(25)4-3-9-23-16-7-6-14(24(27)28)11-18(16)30-20(23)26/h5-8,10-12H,3-4,9H2,1-2H3,(H,22,25)/t12-/m0/s1. The molecular formula is C20H20FN3O6. The molecule has 3 rings (SSSR count). The first-order valence-electron chi connectivity index (χ1n) is 9.20. The van der Waals surface area contributed by atoms with Crippen molar-refractivity contribution in [2.75, 3.05) is 7.11 Å². The van der Waals surface area contributed by atoms with E-state index in [4.69, 9.17) is 9.15 Å². The number of hydrogen-bond acceptors (Lipinski definition) is 6. The van der Waals surface area contributed by atoms with E-state index >= 15 is 0 Å². The largest absolute Gasteiger partial charge is 0.494 e. The van der Waals surface area contributed by atoms with Crippen LogP contribution in [0.5, 0.6) is 5.75 Å². The number of aromatic nitrogens is 1. The Kier molecular flexibility index (Phi) is 6.14. The molecule has 0 aliphatic carbocycles. The number of nitrogens with one attached hydrogen (secondary N) is 1. The van der Waals surface area contributed by atoms with Gasteiger partial charge in [-0.1, -0.05) is 6.07 Å². The number of methoxy groups -OCH3 is 1. The molecule has 30 heavy (non-hydrogen) atoms. The minimum absolute atomic E-state index is 0.119. The van der Waals surface area contributed by atoms with Crippen molar-refractivity contribution in [1.29, 1.82) is 0 Å². The highest BCUT2D eigenvalue weighted by Crippen LogP contribution is 2.22. The molecule has 1 heterocycles. The van der Waals surface area contributed by atoms with E-state index < -0.39 is 22.5 Å². The smallest absolute Gasteiger partial charge is 0.419 e. The van der Waals surface area contributed by atoms with Crippen molar-refractivity contribution in [2.24, 2.45) is 0 Å². The van der Waals surface area contributed by atoms with Crippen molar-refractivity contribution in [3.05, 3.63) is 68.4 Å². The summed E-state index contributed by atoms with van der Waals surface area (Å²) in [7, 11) is 1.37. The predicted molar refractivity (Wildman–Crippen MR) is 106 cm³/mol. The van der Waals surface area contributed by atoms with Crippen LogP contribution in [0.15, 0.2) is 45.6 Å². The number of hydrogen-bond donors (Lipinski definition) is 1. The van der Waals surface area contributed by atoms with Gasteiger partial charge in [0.1, 0.15) is 0 Å². The number of carbonyl (C=O) groups excluding carboxylic acids is 1. The number of ether oxygens (including phenoxy) is 1. The van der Waals surface area contributed by atoms with Gasteiger partial charge in [0.05, 0.1) is 29.7 Å². The van der Waals surface area contributed by atoms with E-state index in [9.17, 15) is 24.1 Å². The number of carbonyl (C=O) groups is 1. The van der Waals surface area contributed by atoms with Crippen molar-refractivity contribution < 1.29 is 23.3 Å². The number of benzene rings is 2. The molecule has 158 valence electrons. The van der Waals surface area contributed by atoms with Crippen molar-refractivity contribution in [1.82, 2.24) is 9.88 Å². The lowest BCUT2D eigenvalue weighted by Gasteiger charge is -2.15. The monoisotopic (exact) mass is 417 g/mol. The summed E-state index contributed by atoms with van der Waals surface area (Å²) >= 11 is 0.